The Labute approximate surface area is 114 Å². The Hall–Kier alpha value is -1.16. The minimum absolute atomic E-state index is 0.146. The normalized spacial score (nSPS) is 23.0. The standard InChI is InChI=1S/C15H23N3O/c1-17-12-13(11-16-17)10-14(19)15(6-2-3-7-15)18-8-4-5-9-18/h11-12H,2-10H2,1H3. The quantitative estimate of drug-likeness (QED) is 0.831. The van der Waals surface area contributed by atoms with Crippen LogP contribution in [0.5, 0.6) is 0 Å². The highest BCUT2D eigenvalue weighted by Crippen LogP contribution is 2.38. The van der Waals surface area contributed by atoms with Crippen molar-refractivity contribution >= 4 is 5.78 Å². The van der Waals surface area contributed by atoms with E-state index >= 15 is 0 Å². The highest BCUT2D eigenvalue weighted by molar-refractivity contribution is 5.90. The number of carbonyl (C=O) groups is 1. The van der Waals surface area contributed by atoms with E-state index in [-0.39, 0.29) is 5.54 Å². The Kier molecular flexibility index (Phi) is 3.44. The zero-order chi connectivity index (χ0) is 13.3. The molecule has 4 heteroatoms. The maximum Gasteiger partial charge on any atom is 0.157 e. The first-order chi connectivity index (χ1) is 9.21. The number of Topliss-reactive ketones (excluding diaryl/α,β-unsaturated/α-hetero) is 1. The van der Waals surface area contributed by atoms with E-state index in [0.29, 0.717) is 12.2 Å². The molecule has 1 aromatic heterocycles. The monoisotopic (exact) mass is 261 g/mol. The molecule has 0 amide bonds. The van der Waals surface area contributed by atoms with Crippen LogP contribution < -0.4 is 0 Å². The molecular formula is C15H23N3O. The first-order valence-corrected chi connectivity index (χ1v) is 7.47. The van der Waals surface area contributed by atoms with Gasteiger partial charge >= 0.3 is 0 Å². The van der Waals surface area contributed by atoms with Crippen molar-refractivity contribution in [1.29, 1.82) is 0 Å². The van der Waals surface area contributed by atoms with E-state index in [4.69, 9.17) is 0 Å². The summed E-state index contributed by atoms with van der Waals surface area (Å²) in [5.74, 6) is 0.417. The lowest BCUT2D eigenvalue weighted by Crippen LogP contribution is -2.52. The van der Waals surface area contributed by atoms with Crippen LogP contribution in [0, 0.1) is 0 Å². The van der Waals surface area contributed by atoms with E-state index < -0.39 is 0 Å². The van der Waals surface area contributed by atoms with Crippen LogP contribution in [0.25, 0.3) is 0 Å². The number of ketones is 1. The van der Waals surface area contributed by atoms with Crippen LogP contribution in [-0.2, 0) is 18.3 Å². The molecule has 4 nitrogen and oxygen atoms in total. The van der Waals surface area contributed by atoms with Gasteiger partial charge in [0.05, 0.1) is 11.7 Å². The Morgan fingerprint density at radius 1 is 1.26 bits per heavy atom. The van der Waals surface area contributed by atoms with Gasteiger partial charge in [-0.05, 0) is 44.3 Å². The highest BCUT2D eigenvalue weighted by atomic mass is 16.1. The average molecular weight is 261 g/mol. The molecule has 1 aromatic rings. The van der Waals surface area contributed by atoms with Crippen molar-refractivity contribution in [2.45, 2.75) is 50.5 Å². The summed E-state index contributed by atoms with van der Waals surface area (Å²) in [4.78, 5) is 15.3. The van der Waals surface area contributed by atoms with Crippen LogP contribution in [0.3, 0.4) is 0 Å². The molecule has 0 N–H and O–H groups in total. The zero-order valence-corrected chi connectivity index (χ0v) is 11.8. The van der Waals surface area contributed by atoms with Crippen LogP contribution in [0.2, 0.25) is 0 Å². The van der Waals surface area contributed by atoms with Crippen molar-refractivity contribution in [2.75, 3.05) is 13.1 Å². The molecular weight excluding hydrogens is 238 g/mol. The lowest BCUT2D eigenvalue weighted by atomic mass is 9.87. The molecule has 3 rings (SSSR count). The van der Waals surface area contributed by atoms with E-state index in [0.717, 1.165) is 31.5 Å². The van der Waals surface area contributed by atoms with Gasteiger partial charge in [0, 0.05) is 19.7 Å². The predicted octanol–water partition coefficient (Wildman–Crippen LogP) is 1.94. The Bertz CT molecular complexity index is 454. The van der Waals surface area contributed by atoms with Gasteiger partial charge in [-0.1, -0.05) is 12.8 Å². The predicted molar refractivity (Wildman–Crippen MR) is 73.9 cm³/mol. The van der Waals surface area contributed by atoms with E-state index in [1.54, 1.807) is 4.68 Å². The van der Waals surface area contributed by atoms with E-state index in [9.17, 15) is 4.79 Å². The molecule has 2 aliphatic rings. The smallest absolute Gasteiger partial charge is 0.157 e. The molecule has 1 saturated heterocycles. The Morgan fingerprint density at radius 3 is 2.53 bits per heavy atom. The number of rotatable bonds is 4. The van der Waals surface area contributed by atoms with Gasteiger partial charge in [-0.2, -0.15) is 5.10 Å². The van der Waals surface area contributed by atoms with Crippen molar-refractivity contribution in [1.82, 2.24) is 14.7 Å². The van der Waals surface area contributed by atoms with Crippen LogP contribution in [0.1, 0.15) is 44.1 Å². The molecule has 0 bridgehead atoms. The summed E-state index contributed by atoms with van der Waals surface area (Å²) >= 11 is 0. The van der Waals surface area contributed by atoms with Gasteiger partial charge in [0.15, 0.2) is 5.78 Å². The second-order valence-electron chi connectivity index (χ2n) is 6.06. The molecule has 0 spiro atoms. The first-order valence-electron chi connectivity index (χ1n) is 7.47. The van der Waals surface area contributed by atoms with Gasteiger partial charge in [-0.15, -0.1) is 0 Å². The lowest BCUT2D eigenvalue weighted by Gasteiger charge is -2.37. The van der Waals surface area contributed by atoms with E-state index in [1.165, 1.54) is 25.7 Å². The zero-order valence-electron chi connectivity index (χ0n) is 11.8. The molecule has 1 aliphatic heterocycles. The third kappa shape index (κ3) is 2.34. The van der Waals surface area contributed by atoms with Gasteiger partial charge in [0.2, 0.25) is 0 Å². The van der Waals surface area contributed by atoms with Crippen molar-refractivity contribution < 1.29 is 4.79 Å². The third-order valence-corrected chi connectivity index (χ3v) is 4.78. The van der Waals surface area contributed by atoms with Gasteiger partial charge in [0.1, 0.15) is 0 Å². The third-order valence-electron chi connectivity index (χ3n) is 4.78. The summed E-state index contributed by atoms with van der Waals surface area (Å²) in [6, 6.07) is 0. The van der Waals surface area contributed by atoms with Crippen molar-refractivity contribution in [3.63, 3.8) is 0 Å². The summed E-state index contributed by atoms with van der Waals surface area (Å²) < 4.78 is 1.78. The Balaban J connectivity index is 1.77. The minimum Gasteiger partial charge on any atom is -0.297 e. The van der Waals surface area contributed by atoms with E-state index in [1.807, 2.05) is 19.4 Å². The summed E-state index contributed by atoms with van der Waals surface area (Å²) in [5.41, 5.74) is 0.907. The second-order valence-corrected chi connectivity index (χ2v) is 6.06. The molecule has 0 unspecified atom stereocenters. The van der Waals surface area contributed by atoms with Crippen LogP contribution >= 0.6 is 0 Å². The molecule has 0 atom stereocenters. The average Bonchev–Trinajstić information content (AvgIpc) is 3.09. The number of hydrogen-bond donors (Lipinski definition) is 0. The fraction of sp³-hybridized carbons (Fsp3) is 0.733. The number of carbonyl (C=O) groups excluding carboxylic acids is 1. The number of hydrogen-bond acceptors (Lipinski definition) is 3. The summed E-state index contributed by atoms with van der Waals surface area (Å²) in [6.45, 7) is 2.22. The molecule has 104 valence electrons. The molecule has 1 aliphatic carbocycles. The maximum atomic E-state index is 12.9. The van der Waals surface area contributed by atoms with Gasteiger partial charge in [0.25, 0.3) is 0 Å². The van der Waals surface area contributed by atoms with Crippen LogP contribution in [0.4, 0.5) is 0 Å². The fourth-order valence-corrected chi connectivity index (χ4v) is 3.79. The summed E-state index contributed by atoms with van der Waals surface area (Å²) in [6.07, 6.45) is 11.4. The molecule has 19 heavy (non-hydrogen) atoms. The number of nitrogens with zero attached hydrogens (tertiary/aromatic N) is 3. The fourth-order valence-electron chi connectivity index (χ4n) is 3.79. The molecule has 2 heterocycles. The molecule has 2 fully saturated rings. The first kappa shape index (κ1) is 12.9. The summed E-state index contributed by atoms with van der Waals surface area (Å²) in [5, 5.41) is 4.17. The topological polar surface area (TPSA) is 38.1 Å². The van der Waals surface area contributed by atoms with Gasteiger partial charge in [-0.3, -0.25) is 14.4 Å². The SMILES string of the molecule is Cn1cc(CC(=O)C2(N3CCCC3)CCCC2)cn1. The Morgan fingerprint density at radius 2 is 1.95 bits per heavy atom. The summed E-state index contributed by atoms with van der Waals surface area (Å²) in [7, 11) is 1.90. The minimum atomic E-state index is -0.146. The van der Waals surface area contributed by atoms with Crippen molar-refractivity contribution in [2.24, 2.45) is 7.05 Å². The van der Waals surface area contributed by atoms with Crippen molar-refractivity contribution in [3.05, 3.63) is 18.0 Å². The van der Waals surface area contributed by atoms with Crippen LogP contribution in [0.15, 0.2) is 12.4 Å². The number of aryl methyl sites for hydroxylation is 1. The maximum absolute atomic E-state index is 12.9. The van der Waals surface area contributed by atoms with Gasteiger partial charge < -0.3 is 0 Å². The number of likely N-dealkylation sites (tertiary alicyclic amines) is 1. The largest absolute Gasteiger partial charge is 0.297 e. The number of aromatic nitrogens is 2. The van der Waals surface area contributed by atoms with Crippen LogP contribution in [-0.4, -0.2) is 39.1 Å². The second kappa shape index (κ2) is 5.08. The molecule has 0 aromatic carbocycles. The van der Waals surface area contributed by atoms with Gasteiger partial charge in [-0.25, -0.2) is 0 Å². The molecule has 0 radical (unpaired) electrons. The van der Waals surface area contributed by atoms with E-state index in [2.05, 4.69) is 10.00 Å². The molecule has 1 saturated carbocycles. The highest BCUT2D eigenvalue weighted by Gasteiger charge is 2.46. The van der Waals surface area contributed by atoms with Crippen molar-refractivity contribution in [3.8, 4) is 0 Å². The lowest BCUT2D eigenvalue weighted by molar-refractivity contribution is -0.129.